The van der Waals surface area contributed by atoms with Gasteiger partial charge in [0, 0.05) is 11.3 Å². The van der Waals surface area contributed by atoms with Gasteiger partial charge in [0.05, 0.1) is 11.0 Å². The van der Waals surface area contributed by atoms with E-state index in [0.717, 1.165) is 28.1 Å². The van der Waals surface area contributed by atoms with E-state index in [0.29, 0.717) is 0 Å². The van der Waals surface area contributed by atoms with Crippen molar-refractivity contribution in [2.75, 3.05) is 0 Å². The molecule has 2 nitrogen and oxygen atoms in total. The molecule has 0 aliphatic rings. The van der Waals surface area contributed by atoms with Crippen LogP contribution in [0, 0.1) is 0 Å². The summed E-state index contributed by atoms with van der Waals surface area (Å²) in [6.07, 6.45) is 0. The molecule has 9 rings (SSSR count). The fourth-order valence-corrected chi connectivity index (χ4v) is 9.06. The van der Waals surface area contributed by atoms with E-state index in [2.05, 4.69) is 201 Å². The molecule has 1 aromatic heterocycles. The maximum atomic E-state index is 5.28. The van der Waals surface area contributed by atoms with E-state index < -0.39 is 0 Å². The highest BCUT2D eigenvalue weighted by molar-refractivity contribution is 6.71. The lowest BCUT2D eigenvalue weighted by atomic mass is 9.59. The lowest BCUT2D eigenvalue weighted by Crippen LogP contribution is -2.50. The number of hydrogen-bond acceptors (Lipinski definition) is 1. The van der Waals surface area contributed by atoms with E-state index in [9.17, 15) is 0 Å². The normalized spacial score (nSPS) is 11.5. The summed E-state index contributed by atoms with van der Waals surface area (Å²) in [5.41, 5.74) is 22.7. The van der Waals surface area contributed by atoms with E-state index in [1.807, 2.05) is 0 Å². The Morgan fingerprint density at radius 2 is 0.745 bits per heavy atom. The van der Waals surface area contributed by atoms with Crippen molar-refractivity contribution < 1.29 is 0 Å². The van der Waals surface area contributed by atoms with E-state index in [1.54, 1.807) is 0 Å². The Kier molecular flexibility index (Phi) is 8.61. The topological polar surface area (TPSA) is 17.8 Å². The summed E-state index contributed by atoms with van der Waals surface area (Å²) in [4.78, 5) is 5.28. The molecule has 0 bridgehead atoms. The van der Waals surface area contributed by atoms with Gasteiger partial charge >= 0.3 is 0 Å². The van der Waals surface area contributed by atoms with Gasteiger partial charge in [0.25, 0.3) is 0 Å². The maximum absolute atomic E-state index is 5.28. The number of rotatable bonds is 5. The van der Waals surface area contributed by atoms with Gasteiger partial charge < -0.3 is 0 Å². The van der Waals surface area contributed by atoms with Crippen molar-refractivity contribution >= 4 is 139 Å². The van der Waals surface area contributed by atoms with E-state index in [4.69, 9.17) is 4.98 Å². The molecule has 0 saturated heterocycles. The number of para-hydroxylation sites is 3. The Balaban J connectivity index is 1.43. The molecule has 0 fully saturated rings. The van der Waals surface area contributed by atoms with Crippen LogP contribution >= 0.6 is 0 Å². The lowest BCUT2D eigenvalue weighted by molar-refractivity contribution is 1.10. The van der Waals surface area contributed by atoms with Crippen LogP contribution in [0.2, 0.25) is 0 Å². The van der Waals surface area contributed by atoms with Gasteiger partial charge in [-0.15, -0.1) is 21.9 Å². The molecule has 0 atom stereocenters. The van der Waals surface area contributed by atoms with E-state index >= 15 is 0 Å². The Labute approximate surface area is 331 Å². The van der Waals surface area contributed by atoms with Gasteiger partial charge in [-0.2, -0.15) is 0 Å². The average Bonchev–Trinajstić information content (AvgIpc) is 3.63. The molecule has 55 heavy (non-hydrogen) atoms. The molecular formula is C45H38B8N2. The van der Waals surface area contributed by atoms with Crippen molar-refractivity contribution in [2.24, 2.45) is 0 Å². The van der Waals surface area contributed by atoms with Gasteiger partial charge in [0.2, 0.25) is 0 Å². The van der Waals surface area contributed by atoms with Crippen LogP contribution in [-0.2, 0) is 0 Å². The van der Waals surface area contributed by atoms with Crippen LogP contribution in [0.1, 0.15) is 0 Å². The fourth-order valence-electron chi connectivity index (χ4n) is 9.06. The number of benzene rings is 8. The molecule has 0 saturated carbocycles. The molecular weight excluding hydrogens is 655 g/mol. The Morgan fingerprint density at radius 1 is 0.345 bits per heavy atom. The first kappa shape index (κ1) is 35.0. The summed E-state index contributed by atoms with van der Waals surface area (Å²) in [7, 11) is 18.6. The van der Waals surface area contributed by atoms with Gasteiger partial charge in [-0.05, 0) is 91.3 Å². The van der Waals surface area contributed by atoms with Crippen molar-refractivity contribution in [1.29, 1.82) is 0 Å². The standard InChI is InChI=1S/C45H38B8N2/c46-37-33-31(25-14-9-13-24(21-25)23-11-3-1-4-12-23)34-36(40(49)44(53)42(51)38(34)47)32(35(33)39(48)43(52)41(37)50)26-15-10-16-27(22-26)45-54-29-19-7-8-20-30(29)55(45)28-17-5-2-6-18-28/h1-22H,46-53H2. The molecule has 0 unspecified atom stereocenters. The van der Waals surface area contributed by atoms with Gasteiger partial charge in [-0.1, -0.05) is 119 Å². The van der Waals surface area contributed by atoms with Crippen LogP contribution in [0.5, 0.6) is 0 Å². The van der Waals surface area contributed by atoms with Gasteiger partial charge in [-0.25, -0.2) is 4.98 Å². The second kappa shape index (κ2) is 13.5. The van der Waals surface area contributed by atoms with Crippen molar-refractivity contribution in [3.8, 4) is 50.5 Å². The molecule has 0 N–H and O–H groups in total. The van der Waals surface area contributed by atoms with Crippen LogP contribution in [0.15, 0.2) is 133 Å². The first-order valence-electron chi connectivity index (χ1n) is 19.4. The van der Waals surface area contributed by atoms with E-state index in [-0.39, 0.29) is 0 Å². The predicted molar refractivity (Wildman–Crippen MR) is 263 cm³/mol. The molecule has 0 amide bonds. The predicted octanol–water partition coefficient (Wildman–Crippen LogP) is -1.93. The minimum atomic E-state index is 0.942. The maximum Gasteiger partial charge on any atom is 0.145 e. The third-order valence-electron chi connectivity index (χ3n) is 12.6. The SMILES string of the molecule is Bc1c(B)c(B)c2c(-c3cccc(-c4nc5ccccc5n4-c4ccccc4)c3)c3c(B)c(B)c(B)c(B)c3c(-c3cccc(-c4ccccc4)c3)c2c1B. The van der Waals surface area contributed by atoms with Crippen LogP contribution < -0.4 is 43.7 Å². The first-order chi connectivity index (χ1) is 26.7. The zero-order valence-corrected chi connectivity index (χ0v) is 33.1. The molecule has 0 radical (unpaired) electrons. The quantitative estimate of drug-likeness (QED) is 0.152. The lowest BCUT2D eigenvalue weighted by Gasteiger charge is -2.28. The fraction of sp³-hybridized carbons (Fsp3) is 0. The second-order valence-electron chi connectivity index (χ2n) is 15.4. The van der Waals surface area contributed by atoms with Gasteiger partial charge in [0.15, 0.2) is 0 Å². The minimum Gasteiger partial charge on any atom is -0.292 e. The summed E-state index contributed by atoms with van der Waals surface area (Å²) in [5.74, 6) is 0.942. The van der Waals surface area contributed by atoms with Crippen LogP contribution in [0.25, 0.3) is 83.0 Å². The molecule has 252 valence electrons. The molecule has 8 aromatic carbocycles. The molecule has 0 aliphatic carbocycles. The van der Waals surface area contributed by atoms with Crippen LogP contribution in [0.3, 0.4) is 0 Å². The van der Waals surface area contributed by atoms with Crippen molar-refractivity contribution in [3.63, 3.8) is 0 Å². The van der Waals surface area contributed by atoms with Gasteiger partial charge in [-0.3, -0.25) is 4.57 Å². The van der Waals surface area contributed by atoms with Crippen LogP contribution in [-0.4, -0.2) is 72.3 Å². The Bertz CT molecular complexity index is 2930. The molecule has 0 aliphatic heterocycles. The van der Waals surface area contributed by atoms with Crippen molar-refractivity contribution in [2.45, 2.75) is 0 Å². The zero-order valence-electron chi connectivity index (χ0n) is 33.1. The van der Waals surface area contributed by atoms with Crippen LogP contribution in [0.4, 0.5) is 0 Å². The first-order valence-corrected chi connectivity index (χ1v) is 19.4. The number of aromatic nitrogens is 2. The molecule has 10 heteroatoms. The number of imidazole rings is 1. The Hall–Kier alpha value is -5.73. The largest absolute Gasteiger partial charge is 0.292 e. The number of hydrogen-bond donors (Lipinski definition) is 0. The molecule has 1 heterocycles. The monoisotopic (exact) mass is 694 g/mol. The number of fused-ring (bicyclic) bond motifs is 3. The smallest absolute Gasteiger partial charge is 0.145 e. The van der Waals surface area contributed by atoms with E-state index in [1.165, 1.54) is 98.6 Å². The zero-order chi connectivity index (χ0) is 38.1. The molecule has 0 spiro atoms. The summed E-state index contributed by atoms with van der Waals surface area (Å²) in [6.45, 7) is 0. The Morgan fingerprint density at radius 3 is 1.27 bits per heavy atom. The highest BCUT2D eigenvalue weighted by Crippen LogP contribution is 2.42. The minimum absolute atomic E-state index is 0.942. The van der Waals surface area contributed by atoms with Crippen molar-refractivity contribution in [1.82, 2.24) is 9.55 Å². The summed E-state index contributed by atoms with van der Waals surface area (Å²) in [5, 5.41) is 5.38. The third kappa shape index (κ3) is 5.48. The average molecular weight is 693 g/mol. The number of nitrogens with zero attached hydrogens (tertiary/aromatic N) is 2. The highest BCUT2D eigenvalue weighted by Gasteiger charge is 2.26. The summed E-state index contributed by atoms with van der Waals surface area (Å²) in [6, 6.07) is 48.2. The van der Waals surface area contributed by atoms with Gasteiger partial charge in [0.1, 0.15) is 68.6 Å². The summed E-state index contributed by atoms with van der Waals surface area (Å²) >= 11 is 0. The second-order valence-corrected chi connectivity index (χ2v) is 15.4. The third-order valence-corrected chi connectivity index (χ3v) is 12.6. The summed E-state index contributed by atoms with van der Waals surface area (Å²) < 4.78 is 2.30. The van der Waals surface area contributed by atoms with Crippen molar-refractivity contribution in [3.05, 3.63) is 133 Å². The highest BCUT2D eigenvalue weighted by atomic mass is 15.1. The molecule has 9 aromatic rings.